The molecule has 2 aromatic rings. The molecule has 0 bridgehead atoms. The number of aliphatic hydroxyl groups is 1. The highest BCUT2D eigenvalue weighted by Gasteiger charge is 2.24. The Balaban J connectivity index is 2.43. The molecule has 0 saturated carbocycles. The largest absolute Gasteiger partial charge is 0.384 e. The Morgan fingerprint density at radius 2 is 2.10 bits per heavy atom. The second kappa shape index (κ2) is 4.97. The Bertz CT molecular complexity index is 722. The van der Waals surface area contributed by atoms with Gasteiger partial charge in [-0.2, -0.15) is 8.42 Å². The van der Waals surface area contributed by atoms with E-state index < -0.39 is 15.7 Å². The van der Waals surface area contributed by atoms with Gasteiger partial charge < -0.3 is 5.11 Å². The average Bonchev–Trinajstić information content (AvgIpc) is 2.88. The standard InChI is InChI=1S/C12H15N3O4S/c1-3-12(2,16)11-8-15(14-13-11)9-5-4-6-10(7-9)20(17,18)19/h4-8,16H,3H2,1-2H3,(H,17,18,19). The van der Waals surface area contributed by atoms with Crippen molar-refractivity contribution in [2.45, 2.75) is 30.8 Å². The molecule has 8 heteroatoms. The lowest BCUT2D eigenvalue weighted by Gasteiger charge is -2.16. The molecule has 1 aromatic heterocycles. The smallest absolute Gasteiger partial charge is 0.294 e. The van der Waals surface area contributed by atoms with Crippen molar-refractivity contribution in [2.24, 2.45) is 0 Å². The number of rotatable bonds is 4. The molecule has 0 fully saturated rings. The zero-order valence-corrected chi connectivity index (χ0v) is 11.9. The summed E-state index contributed by atoms with van der Waals surface area (Å²) >= 11 is 0. The van der Waals surface area contributed by atoms with Crippen LogP contribution in [0, 0.1) is 0 Å². The molecule has 2 N–H and O–H groups in total. The first-order chi connectivity index (χ1) is 9.24. The van der Waals surface area contributed by atoms with Crippen LogP contribution in [0.1, 0.15) is 26.0 Å². The molecule has 7 nitrogen and oxygen atoms in total. The summed E-state index contributed by atoms with van der Waals surface area (Å²) < 4.78 is 32.6. The molecule has 0 saturated heterocycles. The van der Waals surface area contributed by atoms with Gasteiger partial charge in [0.25, 0.3) is 10.1 Å². The van der Waals surface area contributed by atoms with Crippen LogP contribution in [0.15, 0.2) is 35.4 Å². The Morgan fingerprint density at radius 3 is 2.70 bits per heavy atom. The molecule has 0 radical (unpaired) electrons. The molecular weight excluding hydrogens is 282 g/mol. The van der Waals surface area contributed by atoms with Crippen molar-refractivity contribution in [3.63, 3.8) is 0 Å². The van der Waals surface area contributed by atoms with Gasteiger partial charge in [-0.05, 0) is 31.5 Å². The minimum absolute atomic E-state index is 0.227. The number of hydrogen-bond acceptors (Lipinski definition) is 5. The molecule has 0 spiro atoms. The van der Waals surface area contributed by atoms with Crippen molar-refractivity contribution in [1.29, 1.82) is 0 Å². The Morgan fingerprint density at radius 1 is 1.40 bits per heavy atom. The van der Waals surface area contributed by atoms with Gasteiger partial charge in [0.05, 0.1) is 16.8 Å². The Hall–Kier alpha value is -1.77. The summed E-state index contributed by atoms with van der Waals surface area (Å²) in [6.07, 6.45) is 1.99. The second-order valence-corrected chi connectivity index (χ2v) is 6.07. The summed E-state index contributed by atoms with van der Waals surface area (Å²) in [6, 6.07) is 5.65. The van der Waals surface area contributed by atoms with E-state index in [1.165, 1.54) is 29.1 Å². The van der Waals surface area contributed by atoms with Crippen LogP contribution in [-0.4, -0.2) is 33.1 Å². The molecule has 1 heterocycles. The van der Waals surface area contributed by atoms with Crippen LogP contribution in [0.4, 0.5) is 0 Å². The normalized spacial score (nSPS) is 15.0. The van der Waals surface area contributed by atoms with Crippen molar-refractivity contribution >= 4 is 10.1 Å². The van der Waals surface area contributed by atoms with Gasteiger partial charge in [-0.3, -0.25) is 4.55 Å². The van der Waals surface area contributed by atoms with E-state index >= 15 is 0 Å². The third kappa shape index (κ3) is 2.87. The van der Waals surface area contributed by atoms with E-state index in [4.69, 9.17) is 4.55 Å². The van der Waals surface area contributed by atoms with Crippen LogP contribution < -0.4 is 0 Å². The van der Waals surface area contributed by atoms with Gasteiger partial charge in [0.15, 0.2) is 0 Å². The summed E-state index contributed by atoms with van der Waals surface area (Å²) in [5.41, 5.74) is -0.290. The number of aromatic nitrogens is 3. The summed E-state index contributed by atoms with van der Waals surface area (Å²) in [5.74, 6) is 0. The van der Waals surface area contributed by atoms with Crippen molar-refractivity contribution in [1.82, 2.24) is 15.0 Å². The number of nitrogens with zero attached hydrogens (tertiary/aromatic N) is 3. The molecule has 20 heavy (non-hydrogen) atoms. The van der Waals surface area contributed by atoms with Crippen LogP contribution in [0.2, 0.25) is 0 Å². The van der Waals surface area contributed by atoms with Crippen molar-refractivity contribution in [3.05, 3.63) is 36.2 Å². The Kier molecular flexibility index (Phi) is 3.63. The van der Waals surface area contributed by atoms with Crippen LogP contribution in [0.3, 0.4) is 0 Å². The van der Waals surface area contributed by atoms with E-state index in [1.807, 2.05) is 6.92 Å². The van der Waals surface area contributed by atoms with Crippen molar-refractivity contribution < 1.29 is 18.1 Å². The molecule has 0 aliphatic carbocycles. The predicted molar refractivity (Wildman–Crippen MR) is 71.0 cm³/mol. The third-order valence-electron chi connectivity index (χ3n) is 3.11. The van der Waals surface area contributed by atoms with E-state index in [9.17, 15) is 13.5 Å². The highest BCUT2D eigenvalue weighted by atomic mass is 32.2. The maximum Gasteiger partial charge on any atom is 0.294 e. The first-order valence-electron chi connectivity index (χ1n) is 5.97. The highest BCUT2D eigenvalue weighted by Crippen LogP contribution is 2.22. The van der Waals surface area contributed by atoms with E-state index in [2.05, 4.69) is 10.3 Å². The first-order valence-corrected chi connectivity index (χ1v) is 7.41. The molecule has 2 rings (SSSR count). The summed E-state index contributed by atoms with van der Waals surface area (Å²) in [7, 11) is -4.27. The lowest BCUT2D eigenvalue weighted by molar-refractivity contribution is 0.0484. The zero-order chi connectivity index (χ0) is 15.0. The van der Waals surface area contributed by atoms with Crippen molar-refractivity contribution in [3.8, 4) is 5.69 Å². The average molecular weight is 297 g/mol. The van der Waals surface area contributed by atoms with Gasteiger partial charge >= 0.3 is 0 Å². The van der Waals surface area contributed by atoms with Crippen LogP contribution in [0.25, 0.3) is 5.69 Å². The molecule has 0 aliphatic heterocycles. The molecule has 1 aromatic carbocycles. The molecule has 108 valence electrons. The number of benzene rings is 1. The molecule has 1 atom stereocenters. The fraction of sp³-hybridized carbons (Fsp3) is 0.333. The highest BCUT2D eigenvalue weighted by molar-refractivity contribution is 7.85. The summed E-state index contributed by atoms with van der Waals surface area (Å²) in [4.78, 5) is -0.227. The Labute approximate surface area is 116 Å². The zero-order valence-electron chi connectivity index (χ0n) is 11.1. The fourth-order valence-corrected chi connectivity index (χ4v) is 2.12. The summed E-state index contributed by atoms with van der Waals surface area (Å²) in [5, 5.41) is 17.8. The van der Waals surface area contributed by atoms with Crippen molar-refractivity contribution in [2.75, 3.05) is 0 Å². The molecule has 0 amide bonds. The maximum atomic E-state index is 11.1. The first kappa shape index (κ1) is 14.6. The minimum Gasteiger partial charge on any atom is -0.384 e. The van der Waals surface area contributed by atoms with E-state index in [-0.39, 0.29) is 4.90 Å². The van der Waals surface area contributed by atoms with E-state index in [1.54, 1.807) is 13.0 Å². The van der Waals surface area contributed by atoms with E-state index in [0.717, 1.165) is 0 Å². The van der Waals surface area contributed by atoms with Gasteiger partial charge in [-0.25, -0.2) is 4.68 Å². The quantitative estimate of drug-likeness (QED) is 0.820. The van der Waals surface area contributed by atoms with Crippen LogP contribution >= 0.6 is 0 Å². The van der Waals surface area contributed by atoms with E-state index in [0.29, 0.717) is 17.8 Å². The van der Waals surface area contributed by atoms with Gasteiger partial charge in [0.1, 0.15) is 11.3 Å². The maximum absolute atomic E-state index is 11.1. The van der Waals surface area contributed by atoms with Crippen LogP contribution in [0.5, 0.6) is 0 Å². The predicted octanol–water partition coefficient (Wildman–Crippen LogP) is 1.13. The van der Waals surface area contributed by atoms with Gasteiger partial charge in [0, 0.05) is 0 Å². The number of hydrogen-bond donors (Lipinski definition) is 2. The minimum atomic E-state index is -4.27. The molecule has 0 aliphatic rings. The van der Waals surface area contributed by atoms with Gasteiger partial charge in [-0.1, -0.05) is 18.2 Å². The monoisotopic (exact) mass is 297 g/mol. The molecular formula is C12H15N3O4S. The second-order valence-electron chi connectivity index (χ2n) is 4.65. The lowest BCUT2D eigenvalue weighted by Crippen LogP contribution is -2.20. The van der Waals surface area contributed by atoms with Gasteiger partial charge in [0.2, 0.25) is 0 Å². The van der Waals surface area contributed by atoms with Crippen LogP contribution in [-0.2, 0) is 15.7 Å². The SMILES string of the molecule is CCC(C)(O)c1cn(-c2cccc(S(=O)(=O)O)c2)nn1. The fourth-order valence-electron chi connectivity index (χ4n) is 1.60. The van der Waals surface area contributed by atoms with Gasteiger partial charge in [-0.15, -0.1) is 5.10 Å². The molecule has 1 unspecified atom stereocenters. The third-order valence-corrected chi connectivity index (χ3v) is 3.96. The lowest BCUT2D eigenvalue weighted by atomic mass is 10.0. The topological polar surface area (TPSA) is 105 Å². The summed E-state index contributed by atoms with van der Waals surface area (Å²) in [6.45, 7) is 3.44.